The minimum absolute atomic E-state index is 0.0743. The zero-order valence-electron chi connectivity index (χ0n) is 18.6. The standard InChI is InChI=1S/C23H21F3N6O2S/c1-2-34-20-18-17(30-22(31-20)32-9-7-28-8-10-32)16-14(23(24,25)26)11-15(29-21(16)35-18)12-3-5-13(6-4-12)19(27)33/h3-6,11,28H,2,7-10H2,1H3,(H2,27,33). The fraction of sp³-hybridized carbons (Fsp3) is 0.304. The Hall–Kier alpha value is -3.51. The van der Waals surface area contributed by atoms with E-state index in [2.05, 4.69) is 20.3 Å². The van der Waals surface area contributed by atoms with Gasteiger partial charge in [-0.25, -0.2) is 9.97 Å². The largest absolute Gasteiger partial charge is 0.477 e. The van der Waals surface area contributed by atoms with Gasteiger partial charge in [0, 0.05) is 37.3 Å². The van der Waals surface area contributed by atoms with E-state index in [1.165, 1.54) is 24.3 Å². The number of hydrogen-bond acceptors (Lipinski definition) is 8. The molecule has 182 valence electrons. The van der Waals surface area contributed by atoms with Crippen LogP contribution in [-0.2, 0) is 6.18 Å². The van der Waals surface area contributed by atoms with Crippen LogP contribution < -0.4 is 20.7 Å². The van der Waals surface area contributed by atoms with Crippen LogP contribution in [0.1, 0.15) is 22.8 Å². The maximum absolute atomic E-state index is 14.3. The van der Waals surface area contributed by atoms with Crippen LogP contribution in [0.4, 0.5) is 19.1 Å². The van der Waals surface area contributed by atoms with Gasteiger partial charge in [-0.1, -0.05) is 12.1 Å². The highest BCUT2D eigenvalue weighted by atomic mass is 32.1. The first-order valence-electron chi connectivity index (χ1n) is 11.0. The number of carbonyl (C=O) groups is 1. The second-order valence-corrected chi connectivity index (χ2v) is 8.95. The molecule has 4 aromatic rings. The number of rotatable bonds is 5. The van der Waals surface area contributed by atoms with Gasteiger partial charge in [0.25, 0.3) is 0 Å². The molecule has 1 amide bonds. The summed E-state index contributed by atoms with van der Waals surface area (Å²) in [6, 6.07) is 6.98. The predicted molar refractivity (Wildman–Crippen MR) is 128 cm³/mol. The Balaban J connectivity index is 1.75. The number of amides is 1. The van der Waals surface area contributed by atoms with E-state index in [0.717, 1.165) is 30.5 Å². The zero-order chi connectivity index (χ0) is 24.7. The molecule has 0 unspecified atom stereocenters. The topological polar surface area (TPSA) is 106 Å². The summed E-state index contributed by atoms with van der Waals surface area (Å²) in [6.45, 7) is 4.81. The Kier molecular flexibility index (Phi) is 5.93. The highest BCUT2D eigenvalue weighted by Crippen LogP contribution is 2.45. The van der Waals surface area contributed by atoms with Crippen LogP contribution in [0, 0.1) is 0 Å². The first kappa shape index (κ1) is 23.2. The molecule has 1 aromatic carbocycles. The quantitative estimate of drug-likeness (QED) is 0.427. The molecule has 3 N–H and O–H groups in total. The van der Waals surface area contributed by atoms with Crippen molar-refractivity contribution < 1.29 is 22.7 Å². The second kappa shape index (κ2) is 8.93. The minimum Gasteiger partial charge on any atom is -0.477 e. The molecule has 12 heteroatoms. The maximum atomic E-state index is 14.3. The number of carbonyl (C=O) groups excluding carboxylic acids is 1. The van der Waals surface area contributed by atoms with E-state index in [1.807, 2.05) is 4.90 Å². The number of nitrogens with two attached hydrogens (primary N) is 1. The fourth-order valence-electron chi connectivity index (χ4n) is 4.02. The van der Waals surface area contributed by atoms with Crippen LogP contribution in [0.5, 0.6) is 5.88 Å². The van der Waals surface area contributed by atoms with Gasteiger partial charge in [0.15, 0.2) is 0 Å². The number of aromatic nitrogens is 3. The van der Waals surface area contributed by atoms with Crippen molar-refractivity contribution in [3.63, 3.8) is 0 Å². The summed E-state index contributed by atoms with van der Waals surface area (Å²) in [7, 11) is 0. The molecule has 0 spiro atoms. The summed E-state index contributed by atoms with van der Waals surface area (Å²) in [5.74, 6) is -0.0429. The molecule has 0 bridgehead atoms. The van der Waals surface area contributed by atoms with Gasteiger partial charge in [0.2, 0.25) is 17.7 Å². The summed E-state index contributed by atoms with van der Waals surface area (Å²) in [5.41, 5.74) is 5.42. The summed E-state index contributed by atoms with van der Waals surface area (Å²) in [5, 5.41) is 3.16. The number of thiophene rings is 1. The first-order valence-corrected chi connectivity index (χ1v) is 11.8. The number of piperazine rings is 1. The lowest BCUT2D eigenvalue weighted by molar-refractivity contribution is -0.136. The minimum atomic E-state index is -4.65. The third-order valence-electron chi connectivity index (χ3n) is 5.70. The van der Waals surface area contributed by atoms with Crippen LogP contribution >= 0.6 is 11.3 Å². The summed E-state index contributed by atoms with van der Waals surface area (Å²) < 4.78 is 49.1. The summed E-state index contributed by atoms with van der Waals surface area (Å²) in [4.78, 5) is 27.1. The van der Waals surface area contributed by atoms with Crippen molar-refractivity contribution in [2.24, 2.45) is 5.73 Å². The Labute approximate surface area is 201 Å². The molecule has 4 heterocycles. The van der Waals surface area contributed by atoms with Gasteiger partial charge in [0.05, 0.1) is 23.3 Å². The van der Waals surface area contributed by atoms with Crippen molar-refractivity contribution in [3.8, 4) is 17.1 Å². The number of benzene rings is 1. The fourth-order valence-corrected chi connectivity index (χ4v) is 5.10. The molecule has 0 saturated carbocycles. The van der Waals surface area contributed by atoms with E-state index in [-0.39, 0.29) is 32.9 Å². The van der Waals surface area contributed by atoms with Crippen molar-refractivity contribution in [1.82, 2.24) is 20.3 Å². The SMILES string of the molecule is CCOc1nc(N2CCNCC2)nc2c1sc1nc(-c3ccc(C(N)=O)cc3)cc(C(F)(F)F)c12. The Morgan fingerprint density at radius 3 is 2.51 bits per heavy atom. The van der Waals surface area contributed by atoms with Gasteiger partial charge in [0.1, 0.15) is 15.0 Å². The summed E-state index contributed by atoms with van der Waals surface area (Å²) >= 11 is 1.06. The number of ether oxygens (including phenoxy) is 1. The Morgan fingerprint density at radius 1 is 1.17 bits per heavy atom. The normalized spacial score (nSPS) is 14.6. The number of nitrogens with one attached hydrogen (secondary N) is 1. The van der Waals surface area contributed by atoms with Gasteiger partial charge in [-0.15, -0.1) is 11.3 Å². The Morgan fingerprint density at radius 2 is 1.89 bits per heavy atom. The Bertz CT molecular complexity index is 1420. The number of primary amides is 1. The van der Waals surface area contributed by atoms with Crippen LogP contribution in [0.2, 0.25) is 0 Å². The van der Waals surface area contributed by atoms with Gasteiger partial charge >= 0.3 is 6.18 Å². The van der Waals surface area contributed by atoms with Gasteiger partial charge in [-0.3, -0.25) is 4.79 Å². The van der Waals surface area contributed by atoms with Crippen LogP contribution in [0.25, 0.3) is 31.7 Å². The first-order chi connectivity index (χ1) is 16.8. The number of alkyl halides is 3. The van der Waals surface area contributed by atoms with E-state index in [9.17, 15) is 18.0 Å². The molecule has 1 saturated heterocycles. The van der Waals surface area contributed by atoms with E-state index in [4.69, 9.17) is 10.5 Å². The zero-order valence-corrected chi connectivity index (χ0v) is 19.5. The molecule has 35 heavy (non-hydrogen) atoms. The molecular formula is C23H21F3N6O2S. The van der Waals surface area contributed by atoms with Crippen molar-refractivity contribution in [3.05, 3.63) is 41.5 Å². The van der Waals surface area contributed by atoms with Crippen molar-refractivity contribution in [1.29, 1.82) is 0 Å². The molecule has 1 fully saturated rings. The number of hydrogen-bond donors (Lipinski definition) is 2. The maximum Gasteiger partial charge on any atom is 0.417 e. The molecule has 0 atom stereocenters. The number of nitrogens with zero attached hydrogens (tertiary/aromatic N) is 4. The monoisotopic (exact) mass is 502 g/mol. The van der Waals surface area contributed by atoms with E-state index < -0.39 is 17.6 Å². The highest BCUT2D eigenvalue weighted by molar-refractivity contribution is 7.25. The third kappa shape index (κ3) is 4.34. The van der Waals surface area contributed by atoms with E-state index in [0.29, 0.717) is 35.9 Å². The van der Waals surface area contributed by atoms with Gasteiger partial charge in [-0.2, -0.15) is 18.2 Å². The number of fused-ring (bicyclic) bond motifs is 3. The smallest absolute Gasteiger partial charge is 0.417 e. The molecular weight excluding hydrogens is 481 g/mol. The number of pyridine rings is 1. The summed E-state index contributed by atoms with van der Waals surface area (Å²) in [6.07, 6.45) is -4.65. The average Bonchev–Trinajstić information content (AvgIpc) is 3.22. The second-order valence-electron chi connectivity index (χ2n) is 7.95. The highest BCUT2D eigenvalue weighted by Gasteiger charge is 2.36. The number of halogens is 3. The molecule has 8 nitrogen and oxygen atoms in total. The lowest BCUT2D eigenvalue weighted by Crippen LogP contribution is -2.44. The van der Waals surface area contributed by atoms with Crippen molar-refractivity contribution in [2.75, 3.05) is 37.7 Å². The molecule has 1 aliphatic heterocycles. The molecule has 0 aliphatic carbocycles. The molecule has 3 aromatic heterocycles. The van der Waals surface area contributed by atoms with Gasteiger partial charge < -0.3 is 20.7 Å². The third-order valence-corrected chi connectivity index (χ3v) is 6.76. The lowest BCUT2D eigenvalue weighted by atomic mass is 10.0. The number of anilines is 1. The van der Waals surface area contributed by atoms with E-state index >= 15 is 0 Å². The van der Waals surface area contributed by atoms with Crippen molar-refractivity contribution in [2.45, 2.75) is 13.1 Å². The average molecular weight is 503 g/mol. The van der Waals surface area contributed by atoms with Gasteiger partial charge in [-0.05, 0) is 25.1 Å². The van der Waals surface area contributed by atoms with Crippen LogP contribution in [-0.4, -0.2) is 53.6 Å². The molecule has 1 aliphatic rings. The van der Waals surface area contributed by atoms with Crippen LogP contribution in [0.15, 0.2) is 30.3 Å². The van der Waals surface area contributed by atoms with Crippen molar-refractivity contribution >= 4 is 43.6 Å². The molecule has 5 rings (SSSR count). The van der Waals surface area contributed by atoms with E-state index in [1.54, 1.807) is 6.92 Å². The molecule has 0 radical (unpaired) electrons. The predicted octanol–water partition coefficient (Wildman–Crippen LogP) is 3.83. The van der Waals surface area contributed by atoms with Crippen LogP contribution in [0.3, 0.4) is 0 Å². The lowest BCUT2D eigenvalue weighted by Gasteiger charge is -2.27.